The van der Waals surface area contributed by atoms with Gasteiger partial charge in [0.2, 0.25) is 5.95 Å². The van der Waals surface area contributed by atoms with E-state index in [0.717, 1.165) is 40.9 Å². The van der Waals surface area contributed by atoms with E-state index in [2.05, 4.69) is 20.2 Å². The topological polar surface area (TPSA) is 41.1 Å². The third-order valence-electron chi connectivity index (χ3n) is 3.70. The van der Waals surface area contributed by atoms with Crippen LogP contribution < -0.4 is 10.2 Å². The fourth-order valence-corrected chi connectivity index (χ4v) is 2.70. The van der Waals surface area contributed by atoms with Crippen LogP contribution in [0.25, 0.3) is 0 Å². The van der Waals surface area contributed by atoms with Crippen molar-refractivity contribution in [1.29, 1.82) is 0 Å². The van der Waals surface area contributed by atoms with Crippen molar-refractivity contribution in [2.45, 2.75) is 26.7 Å². The molecule has 0 radical (unpaired) electrons. The molecule has 1 N–H and O–H groups in total. The number of nitrogens with zero attached hydrogens (tertiary/aromatic N) is 3. The van der Waals surface area contributed by atoms with E-state index in [1.807, 2.05) is 38.1 Å². The SMILES string of the molecule is Cc1cc(N2CCCC2)nc(Nc2ccc(C)c(Cl)c2)n1. The summed E-state index contributed by atoms with van der Waals surface area (Å²) in [5.41, 5.74) is 2.93. The van der Waals surface area contributed by atoms with Crippen molar-refractivity contribution in [2.75, 3.05) is 23.3 Å². The second kappa shape index (κ2) is 5.90. The van der Waals surface area contributed by atoms with E-state index in [0.29, 0.717) is 5.95 Å². The molecule has 0 saturated carbocycles. The first-order chi connectivity index (χ1) is 10.1. The molecule has 3 rings (SSSR count). The van der Waals surface area contributed by atoms with Crippen molar-refractivity contribution in [3.63, 3.8) is 0 Å². The van der Waals surface area contributed by atoms with E-state index in [-0.39, 0.29) is 0 Å². The molecular weight excluding hydrogens is 284 g/mol. The van der Waals surface area contributed by atoms with Crippen molar-refractivity contribution in [3.8, 4) is 0 Å². The van der Waals surface area contributed by atoms with E-state index in [4.69, 9.17) is 11.6 Å². The van der Waals surface area contributed by atoms with Crippen LogP contribution in [0.1, 0.15) is 24.1 Å². The fraction of sp³-hybridized carbons (Fsp3) is 0.375. The Bertz CT molecular complexity index is 651. The molecule has 0 spiro atoms. The highest BCUT2D eigenvalue weighted by atomic mass is 35.5. The molecule has 0 unspecified atom stereocenters. The minimum atomic E-state index is 0.622. The maximum Gasteiger partial charge on any atom is 0.229 e. The maximum absolute atomic E-state index is 6.16. The van der Waals surface area contributed by atoms with Gasteiger partial charge in [0.25, 0.3) is 0 Å². The summed E-state index contributed by atoms with van der Waals surface area (Å²) in [6.45, 7) is 6.13. The molecule has 2 heterocycles. The molecule has 5 heteroatoms. The van der Waals surface area contributed by atoms with Crippen LogP contribution in [-0.4, -0.2) is 23.1 Å². The molecule has 0 bridgehead atoms. The second-order valence-electron chi connectivity index (χ2n) is 5.47. The Morgan fingerprint density at radius 1 is 1.10 bits per heavy atom. The predicted octanol–water partition coefficient (Wildman–Crippen LogP) is 4.09. The van der Waals surface area contributed by atoms with Crippen LogP contribution in [0.4, 0.5) is 17.5 Å². The van der Waals surface area contributed by atoms with Crippen molar-refractivity contribution in [2.24, 2.45) is 0 Å². The van der Waals surface area contributed by atoms with Gasteiger partial charge in [0.05, 0.1) is 0 Å². The molecule has 0 atom stereocenters. The number of aryl methyl sites for hydroxylation is 2. The van der Waals surface area contributed by atoms with E-state index < -0.39 is 0 Å². The molecule has 21 heavy (non-hydrogen) atoms. The van der Waals surface area contributed by atoms with Crippen LogP contribution in [0.2, 0.25) is 5.02 Å². The summed E-state index contributed by atoms with van der Waals surface area (Å²) in [6, 6.07) is 7.92. The van der Waals surface area contributed by atoms with E-state index >= 15 is 0 Å². The Labute approximate surface area is 130 Å². The number of hydrogen-bond acceptors (Lipinski definition) is 4. The predicted molar refractivity (Wildman–Crippen MR) is 87.7 cm³/mol. The quantitative estimate of drug-likeness (QED) is 0.927. The molecule has 0 aliphatic carbocycles. The molecule has 110 valence electrons. The number of hydrogen-bond donors (Lipinski definition) is 1. The average molecular weight is 303 g/mol. The summed E-state index contributed by atoms with van der Waals surface area (Å²) < 4.78 is 0. The van der Waals surface area contributed by atoms with Crippen LogP contribution in [0, 0.1) is 13.8 Å². The third-order valence-corrected chi connectivity index (χ3v) is 4.11. The highest BCUT2D eigenvalue weighted by Gasteiger charge is 2.15. The lowest BCUT2D eigenvalue weighted by atomic mass is 10.2. The highest BCUT2D eigenvalue weighted by molar-refractivity contribution is 6.31. The minimum absolute atomic E-state index is 0.622. The molecule has 1 aliphatic heterocycles. The van der Waals surface area contributed by atoms with Gasteiger partial charge in [0.1, 0.15) is 5.82 Å². The Kier molecular flexibility index (Phi) is 3.97. The number of halogens is 1. The van der Waals surface area contributed by atoms with Crippen LogP contribution in [0.5, 0.6) is 0 Å². The zero-order chi connectivity index (χ0) is 14.8. The second-order valence-corrected chi connectivity index (χ2v) is 5.88. The summed E-state index contributed by atoms with van der Waals surface area (Å²) in [7, 11) is 0. The van der Waals surface area contributed by atoms with Crippen molar-refractivity contribution in [3.05, 3.63) is 40.5 Å². The summed E-state index contributed by atoms with van der Waals surface area (Å²) in [5, 5.41) is 3.99. The Balaban J connectivity index is 1.85. The highest BCUT2D eigenvalue weighted by Crippen LogP contribution is 2.24. The van der Waals surface area contributed by atoms with E-state index in [1.165, 1.54) is 12.8 Å². The normalized spacial score (nSPS) is 14.5. The van der Waals surface area contributed by atoms with Gasteiger partial charge in [-0.05, 0) is 44.4 Å². The van der Waals surface area contributed by atoms with Crippen molar-refractivity contribution in [1.82, 2.24) is 9.97 Å². The summed E-state index contributed by atoms with van der Waals surface area (Å²) in [5.74, 6) is 1.62. The van der Waals surface area contributed by atoms with E-state index in [1.54, 1.807) is 0 Å². The van der Waals surface area contributed by atoms with Gasteiger partial charge in [0.15, 0.2) is 0 Å². The fourth-order valence-electron chi connectivity index (χ4n) is 2.52. The molecule has 4 nitrogen and oxygen atoms in total. The third kappa shape index (κ3) is 3.27. The van der Waals surface area contributed by atoms with Gasteiger partial charge >= 0.3 is 0 Å². The van der Waals surface area contributed by atoms with Crippen molar-refractivity contribution < 1.29 is 0 Å². The molecule has 1 aromatic carbocycles. The van der Waals surface area contributed by atoms with Crippen LogP contribution in [0.3, 0.4) is 0 Å². The molecule has 2 aromatic rings. The summed E-state index contributed by atoms with van der Waals surface area (Å²) in [6.07, 6.45) is 2.47. The first-order valence-electron chi connectivity index (χ1n) is 7.25. The van der Waals surface area contributed by atoms with Gasteiger partial charge in [0, 0.05) is 35.6 Å². The maximum atomic E-state index is 6.16. The van der Waals surface area contributed by atoms with Crippen molar-refractivity contribution >= 4 is 29.1 Å². The molecule has 1 saturated heterocycles. The lowest BCUT2D eigenvalue weighted by molar-refractivity contribution is 0.923. The Morgan fingerprint density at radius 2 is 1.86 bits per heavy atom. The monoisotopic (exact) mass is 302 g/mol. The largest absolute Gasteiger partial charge is 0.356 e. The average Bonchev–Trinajstić information content (AvgIpc) is 2.96. The number of nitrogens with one attached hydrogen (secondary N) is 1. The zero-order valence-electron chi connectivity index (χ0n) is 12.4. The van der Waals surface area contributed by atoms with Gasteiger partial charge in [-0.15, -0.1) is 0 Å². The molecule has 1 aromatic heterocycles. The molecule has 1 fully saturated rings. The first-order valence-corrected chi connectivity index (χ1v) is 7.63. The Hall–Kier alpha value is -1.81. The van der Waals surface area contributed by atoms with Gasteiger partial charge in [-0.2, -0.15) is 4.98 Å². The van der Waals surface area contributed by atoms with Crippen LogP contribution in [-0.2, 0) is 0 Å². The standard InChI is InChI=1S/C16H19ClN4/c1-11-5-6-13(10-14(11)17)19-16-18-12(2)9-15(20-16)21-7-3-4-8-21/h5-6,9-10H,3-4,7-8H2,1-2H3,(H,18,19,20). The first kappa shape index (κ1) is 14.1. The lowest BCUT2D eigenvalue weighted by Gasteiger charge is -2.17. The summed E-state index contributed by atoms with van der Waals surface area (Å²) in [4.78, 5) is 11.4. The summed E-state index contributed by atoms with van der Waals surface area (Å²) >= 11 is 6.16. The molecule has 1 aliphatic rings. The van der Waals surface area contributed by atoms with Gasteiger partial charge in [-0.3, -0.25) is 0 Å². The van der Waals surface area contributed by atoms with Gasteiger partial charge in [-0.25, -0.2) is 4.98 Å². The number of anilines is 3. The van der Waals surface area contributed by atoms with E-state index in [9.17, 15) is 0 Å². The van der Waals surface area contributed by atoms with Crippen LogP contribution >= 0.6 is 11.6 Å². The molecule has 0 amide bonds. The van der Waals surface area contributed by atoms with Gasteiger partial charge in [-0.1, -0.05) is 17.7 Å². The minimum Gasteiger partial charge on any atom is -0.356 e. The smallest absolute Gasteiger partial charge is 0.229 e. The Morgan fingerprint density at radius 3 is 2.57 bits per heavy atom. The zero-order valence-corrected chi connectivity index (χ0v) is 13.1. The molecular formula is C16H19ClN4. The van der Waals surface area contributed by atoms with Gasteiger partial charge < -0.3 is 10.2 Å². The number of rotatable bonds is 3. The number of benzene rings is 1. The van der Waals surface area contributed by atoms with Crippen LogP contribution in [0.15, 0.2) is 24.3 Å². The lowest BCUT2D eigenvalue weighted by Crippen LogP contribution is -2.19. The number of aromatic nitrogens is 2.